The summed E-state index contributed by atoms with van der Waals surface area (Å²) in [5, 5.41) is 10.1. The normalized spacial score (nSPS) is 16.0. The average molecular weight is 335 g/mol. The Hall–Kier alpha value is -1.98. The van der Waals surface area contributed by atoms with E-state index >= 15 is 0 Å². The number of rotatable bonds is 3. The number of carbonyl (C=O) groups excluding carboxylic acids is 1. The molecule has 0 saturated carbocycles. The van der Waals surface area contributed by atoms with Crippen molar-refractivity contribution in [2.75, 3.05) is 11.4 Å². The van der Waals surface area contributed by atoms with Gasteiger partial charge in [-0.1, -0.05) is 11.6 Å². The van der Waals surface area contributed by atoms with Gasteiger partial charge in [-0.25, -0.2) is 9.37 Å². The highest BCUT2D eigenvalue weighted by molar-refractivity contribution is 6.29. The molecule has 1 aromatic heterocycles. The summed E-state index contributed by atoms with van der Waals surface area (Å²) in [6.45, 7) is 2.20. The van der Waals surface area contributed by atoms with Crippen molar-refractivity contribution in [3.05, 3.63) is 47.0 Å². The molecule has 1 aliphatic heterocycles. The Morgan fingerprint density at radius 3 is 2.74 bits per heavy atom. The number of aliphatic hydroxyl groups excluding tert-OH is 1. The Balaban J connectivity index is 2.03. The number of nitrogens with zero attached hydrogens (tertiary/aromatic N) is 2. The van der Waals surface area contributed by atoms with Crippen LogP contribution >= 0.6 is 11.6 Å². The van der Waals surface area contributed by atoms with E-state index < -0.39 is 11.9 Å². The van der Waals surface area contributed by atoms with Gasteiger partial charge in [0.05, 0.1) is 6.10 Å². The Kier molecular flexibility index (Phi) is 4.33. The minimum atomic E-state index is -0.801. The van der Waals surface area contributed by atoms with E-state index in [-0.39, 0.29) is 11.1 Å². The van der Waals surface area contributed by atoms with Crippen LogP contribution in [-0.2, 0) is 4.79 Å². The number of anilines is 1. The molecule has 1 amide bonds. The van der Waals surface area contributed by atoms with Gasteiger partial charge in [0.1, 0.15) is 11.0 Å². The average Bonchev–Trinajstić information content (AvgIpc) is 2.93. The molecule has 0 aliphatic carbocycles. The van der Waals surface area contributed by atoms with E-state index in [2.05, 4.69) is 4.98 Å². The lowest BCUT2D eigenvalue weighted by Crippen LogP contribution is -2.23. The third kappa shape index (κ3) is 3.07. The summed E-state index contributed by atoms with van der Waals surface area (Å²) in [6, 6.07) is 6.19. The second kappa shape index (κ2) is 6.26. The maximum Gasteiger partial charge on any atom is 0.227 e. The molecule has 0 bridgehead atoms. The number of carbonyl (C=O) groups is 1. The van der Waals surface area contributed by atoms with Crippen LogP contribution in [-0.4, -0.2) is 22.5 Å². The molecule has 1 N–H and O–H groups in total. The quantitative estimate of drug-likeness (QED) is 0.870. The number of halogens is 2. The van der Waals surface area contributed by atoms with Gasteiger partial charge < -0.3 is 10.0 Å². The van der Waals surface area contributed by atoms with Crippen molar-refractivity contribution in [2.45, 2.75) is 25.9 Å². The van der Waals surface area contributed by atoms with Crippen molar-refractivity contribution in [2.24, 2.45) is 0 Å². The monoisotopic (exact) mass is 334 g/mol. The van der Waals surface area contributed by atoms with Gasteiger partial charge in [-0.05, 0) is 43.2 Å². The molecule has 0 spiro atoms. The maximum atomic E-state index is 14.6. The molecule has 1 aromatic carbocycles. The third-order valence-electron chi connectivity index (χ3n) is 3.98. The second-order valence-electron chi connectivity index (χ2n) is 5.58. The summed E-state index contributed by atoms with van der Waals surface area (Å²) >= 11 is 5.86. The highest BCUT2D eigenvalue weighted by Gasteiger charge is 2.23. The molecular formula is C17H16ClFN2O2. The van der Waals surface area contributed by atoms with Gasteiger partial charge in [0.25, 0.3) is 0 Å². The molecule has 1 unspecified atom stereocenters. The summed E-state index contributed by atoms with van der Waals surface area (Å²) in [5.41, 5.74) is 1.87. The van der Waals surface area contributed by atoms with Gasteiger partial charge >= 0.3 is 0 Å². The molecule has 2 aromatic rings. The van der Waals surface area contributed by atoms with E-state index in [0.29, 0.717) is 35.3 Å². The molecule has 0 radical (unpaired) electrons. The Morgan fingerprint density at radius 1 is 1.35 bits per heavy atom. The van der Waals surface area contributed by atoms with E-state index in [1.165, 1.54) is 18.3 Å². The van der Waals surface area contributed by atoms with E-state index in [1.54, 1.807) is 24.0 Å². The standard InChI is InChI=1S/C17H16ClFN2O2/c1-10(22)13-8-16(18)20-9-14(13)12-5-4-11(7-15(12)19)21-6-2-3-17(21)23/h4-5,7-10,22H,2-3,6H2,1H3. The molecule has 1 saturated heterocycles. The molecule has 23 heavy (non-hydrogen) atoms. The first-order valence-electron chi connectivity index (χ1n) is 7.41. The van der Waals surface area contributed by atoms with Crippen LogP contribution in [0.2, 0.25) is 5.15 Å². The van der Waals surface area contributed by atoms with Gasteiger partial charge in [-0.15, -0.1) is 0 Å². The zero-order valence-electron chi connectivity index (χ0n) is 12.6. The number of amides is 1. The smallest absolute Gasteiger partial charge is 0.227 e. The number of hydrogen-bond donors (Lipinski definition) is 1. The van der Waals surface area contributed by atoms with Gasteiger partial charge in [0, 0.05) is 36.0 Å². The van der Waals surface area contributed by atoms with Crippen LogP contribution < -0.4 is 4.90 Å². The van der Waals surface area contributed by atoms with Gasteiger partial charge in [-0.2, -0.15) is 0 Å². The lowest BCUT2D eigenvalue weighted by Gasteiger charge is -2.18. The lowest BCUT2D eigenvalue weighted by molar-refractivity contribution is -0.117. The highest BCUT2D eigenvalue weighted by atomic mass is 35.5. The summed E-state index contributed by atoms with van der Waals surface area (Å²) in [4.78, 5) is 17.3. The topological polar surface area (TPSA) is 53.4 Å². The molecule has 6 heteroatoms. The Bertz CT molecular complexity index is 764. The number of aromatic nitrogens is 1. The summed E-state index contributed by atoms with van der Waals surface area (Å²) in [6.07, 6.45) is 1.93. The van der Waals surface area contributed by atoms with Gasteiger partial charge in [0.2, 0.25) is 5.91 Å². The Morgan fingerprint density at radius 2 is 2.13 bits per heavy atom. The SMILES string of the molecule is CC(O)c1cc(Cl)ncc1-c1ccc(N2CCCC2=O)cc1F. The zero-order valence-corrected chi connectivity index (χ0v) is 13.3. The number of pyridine rings is 1. The first-order chi connectivity index (χ1) is 11.0. The maximum absolute atomic E-state index is 14.6. The van der Waals surface area contributed by atoms with Crippen LogP contribution in [0.1, 0.15) is 31.4 Å². The number of hydrogen-bond acceptors (Lipinski definition) is 3. The van der Waals surface area contributed by atoms with Crippen LogP contribution in [0.5, 0.6) is 0 Å². The minimum absolute atomic E-state index is 0.00924. The summed E-state index contributed by atoms with van der Waals surface area (Å²) in [5.74, 6) is -0.455. The molecule has 4 nitrogen and oxygen atoms in total. The van der Waals surface area contributed by atoms with Crippen molar-refractivity contribution in [1.29, 1.82) is 0 Å². The second-order valence-corrected chi connectivity index (χ2v) is 5.97. The molecule has 1 aliphatic rings. The fourth-order valence-corrected chi connectivity index (χ4v) is 2.99. The summed E-state index contributed by atoms with van der Waals surface area (Å²) in [7, 11) is 0. The Labute approximate surface area is 138 Å². The van der Waals surface area contributed by atoms with Gasteiger partial charge in [0.15, 0.2) is 0 Å². The van der Waals surface area contributed by atoms with Crippen LogP contribution in [0.15, 0.2) is 30.5 Å². The fourth-order valence-electron chi connectivity index (χ4n) is 2.83. The van der Waals surface area contributed by atoms with Crippen LogP contribution in [0.25, 0.3) is 11.1 Å². The predicted octanol–water partition coefficient (Wildman–Crippen LogP) is 3.72. The third-order valence-corrected chi connectivity index (χ3v) is 4.19. The van der Waals surface area contributed by atoms with E-state index in [1.807, 2.05) is 0 Å². The number of aliphatic hydroxyl groups is 1. The molecule has 2 heterocycles. The van der Waals surface area contributed by atoms with Crippen molar-refractivity contribution in [1.82, 2.24) is 4.98 Å². The van der Waals surface area contributed by atoms with E-state index in [4.69, 9.17) is 11.6 Å². The minimum Gasteiger partial charge on any atom is -0.389 e. The van der Waals surface area contributed by atoms with Crippen LogP contribution in [0, 0.1) is 5.82 Å². The highest BCUT2D eigenvalue weighted by Crippen LogP contribution is 2.33. The summed E-state index contributed by atoms with van der Waals surface area (Å²) < 4.78 is 14.6. The lowest BCUT2D eigenvalue weighted by atomic mass is 9.98. The molecular weight excluding hydrogens is 319 g/mol. The van der Waals surface area contributed by atoms with Crippen molar-refractivity contribution < 1.29 is 14.3 Å². The molecule has 120 valence electrons. The largest absolute Gasteiger partial charge is 0.389 e. The van der Waals surface area contributed by atoms with Crippen molar-refractivity contribution in [3.63, 3.8) is 0 Å². The van der Waals surface area contributed by atoms with Crippen molar-refractivity contribution in [3.8, 4) is 11.1 Å². The zero-order chi connectivity index (χ0) is 16.6. The number of benzene rings is 1. The first kappa shape index (κ1) is 15.9. The van der Waals surface area contributed by atoms with Crippen LogP contribution in [0.3, 0.4) is 0 Å². The molecule has 1 fully saturated rings. The molecule has 3 rings (SSSR count). The first-order valence-corrected chi connectivity index (χ1v) is 7.79. The van der Waals surface area contributed by atoms with E-state index in [9.17, 15) is 14.3 Å². The van der Waals surface area contributed by atoms with Crippen molar-refractivity contribution >= 4 is 23.2 Å². The van der Waals surface area contributed by atoms with E-state index in [0.717, 1.165) is 6.42 Å². The molecule has 1 atom stereocenters. The van der Waals surface area contributed by atoms with Crippen LogP contribution in [0.4, 0.5) is 10.1 Å². The van der Waals surface area contributed by atoms with Gasteiger partial charge in [-0.3, -0.25) is 4.79 Å². The fraction of sp³-hybridized carbons (Fsp3) is 0.294. The predicted molar refractivity (Wildman–Crippen MR) is 86.9 cm³/mol.